The summed E-state index contributed by atoms with van der Waals surface area (Å²) in [5.41, 5.74) is 1.67. The van der Waals surface area contributed by atoms with E-state index in [0.29, 0.717) is 18.5 Å². The molecule has 2 aromatic rings. The van der Waals surface area contributed by atoms with Gasteiger partial charge >= 0.3 is 0 Å². The fourth-order valence-corrected chi connectivity index (χ4v) is 4.13. The van der Waals surface area contributed by atoms with E-state index in [-0.39, 0.29) is 24.4 Å². The summed E-state index contributed by atoms with van der Waals surface area (Å²) in [6, 6.07) is 11.2. The first-order chi connectivity index (χ1) is 15.4. The Kier molecular flexibility index (Phi) is 8.73. The minimum Gasteiger partial charge on any atom is -0.352 e. The third-order valence-corrected chi connectivity index (χ3v) is 5.95. The van der Waals surface area contributed by atoms with E-state index < -0.39 is 17.5 Å². The minimum absolute atomic E-state index is 0.139. The van der Waals surface area contributed by atoms with Crippen molar-refractivity contribution in [2.45, 2.75) is 57.5 Å². The average Bonchev–Trinajstić information content (AvgIpc) is 2.78. The molecule has 0 saturated heterocycles. The third-order valence-electron chi connectivity index (χ3n) is 5.95. The number of amides is 2. The maximum atomic E-state index is 13.7. The Morgan fingerprint density at radius 1 is 1.06 bits per heavy atom. The van der Waals surface area contributed by atoms with Gasteiger partial charge in [-0.05, 0) is 50.1 Å². The number of nitrogens with zero attached hydrogens (tertiary/aromatic N) is 1. The Morgan fingerprint density at radius 2 is 1.81 bits per heavy atom. The monoisotopic (exact) mass is 443 g/mol. The fraction of sp³-hybridized carbons (Fsp3) is 0.440. The number of hydrogen-bond acceptors (Lipinski definition) is 3. The van der Waals surface area contributed by atoms with Crippen LogP contribution in [0.3, 0.4) is 0 Å². The number of rotatable bonds is 9. The normalized spacial score (nSPS) is 14.4. The van der Waals surface area contributed by atoms with Crippen LogP contribution in [0.2, 0.25) is 0 Å². The number of hydrogen-bond donors (Lipinski definition) is 2. The van der Waals surface area contributed by atoms with Gasteiger partial charge in [0.05, 0.1) is 5.56 Å². The Hall–Kier alpha value is -2.80. The lowest BCUT2D eigenvalue weighted by Crippen LogP contribution is -2.33. The Balaban J connectivity index is 1.45. The van der Waals surface area contributed by atoms with Crippen LogP contribution in [0.5, 0.6) is 0 Å². The van der Waals surface area contributed by atoms with Crippen molar-refractivity contribution in [2.24, 2.45) is 0 Å². The lowest BCUT2D eigenvalue weighted by Gasteiger charge is -2.31. The van der Waals surface area contributed by atoms with Crippen LogP contribution in [0.1, 0.15) is 60.9 Å². The van der Waals surface area contributed by atoms with Gasteiger partial charge in [-0.2, -0.15) is 0 Å². The first-order valence-electron chi connectivity index (χ1n) is 11.3. The Bertz CT molecular complexity index is 929. The summed E-state index contributed by atoms with van der Waals surface area (Å²) >= 11 is 0. The highest BCUT2D eigenvalue weighted by Crippen LogP contribution is 2.25. The quantitative estimate of drug-likeness (QED) is 0.543. The topological polar surface area (TPSA) is 61.4 Å². The minimum atomic E-state index is -0.907. The van der Waals surface area contributed by atoms with Gasteiger partial charge in [0.25, 0.3) is 5.91 Å². The van der Waals surface area contributed by atoms with Crippen molar-refractivity contribution < 1.29 is 18.4 Å². The first-order valence-corrected chi connectivity index (χ1v) is 11.3. The van der Waals surface area contributed by atoms with Gasteiger partial charge in [-0.25, -0.2) is 8.78 Å². The molecule has 3 rings (SSSR count). The number of para-hydroxylation sites is 1. The predicted octanol–water partition coefficient (Wildman–Crippen LogP) is 4.88. The zero-order valence-corrected chi connectivity index (χ0v) is 18.5. The molecule has 172 valence electrons. The van der Waals surface area contributed by atoms with Crippen molar-refractivity contribution in [2.75, 3.05) is 18.9 Å². The Labute approximate surface area is 188 Å². The van der Waals surface area contributed by atoms with Gasteiger partial charge < -0.3 is 10.6 Å². The zero-order chi connectivity index (χ0) is 22.9. The van der Waals surface area contributed by atoms with Crippen LogP contribution in [-0.4, -0.2) is 36.3 Å². The molecule has 1 fully saturated rings. The van der Waals surface area contributed by atoms with E-state index in [0.717, 1.165) is 29.9 Å². The lowest BCUT2D eigenvalue weighted by molar-refractivity contribution is -0.116. The van der Waals surface area contributed by atoms with E-state index in [2.05, 4.69) is 22.6 Å². The van der Waals surface area contributed by atoms with Gasteiger partial charge in [-0.3, -0.25) is 14.5 Å². The van der Waals surface area contributed by atoms with Crippen molar-refractivity contribution in [3.05, 3.63) is 65.2 Å². The molecular weight excluding hydrogens is 412 g/mol. The van der Waals surface area contributed by atoms with Gasteiger partial charge in [0.1, 0.15) is 11.6 Å². The van der Waals surface area contributed by atoms with E-state index >= 15 is 0 Å². The molecule has 0 aliphatic heterocycles. The standard InChI is InChI=1S/C25H31F2N3O2/c1-30(20-9-3-2-4-10-20)17-18-8-5-6-11-23(18)29-24(31)12-7-15-28-25(32)21-14-13-19(26)16-22(21)27/h5-6,8,11,13-14,16,20H,2-4,7,9-10,12,15,17H2,1H3,(H,28,32)(H,29,31). The number of benzene rings is 2. The number of halogens is 2. The summed E-state index contributed by atoms with van der Waals surface area (Å²) in [6.07, 6.45) is 6.94. The highest BCUT2D eigenvalue weighted by atomic mass is 19.1. The summed E-state index contributed by atoms with van der Waals surface area (Å²) in [4.78, 5) is 26.8. The van der Waals surface area contributed by atoms with Crippen LogP contribution in [0.4, 0.5) is 14.5 Å². The molecule has 2 N–H and O–H groups in total. The molecule has 7 heteroatoms. The molecule has 0 unspecified atom stereocenters. The van der Waals surface area contributed by atoms with Gasteiger partial charge in [0, 0.05) is 37.3 Å². The van der Waals surface area contributed by atoms with Crippen LogP contribution in [0, 0.1) is 11.6 Å². The second kappa shape index (κ2) is 11.7. The van der Waals surface area contributed by atoms with E-state index in [1.54, 1.807) is 0 Å². The molecule has 2 aromatic carbocycles. The highest BCUT2D eigenvalue weighted by molar-refractivity contribution is 5.94. The molecule has 1 aliphatic rings. The van der Waals surface area contributed by atoms with Crippen molar-refractivity contribution in [1.82, 2.24) is 10.2 Å². The van der Waals surface area contributed by atoms with E-state index in [9.17, 15) is 18.4 Å². The van der Waals surface area contributed by atoms with Gasteiger partial charge in [-0.15, -0.1) is 0 Å². The molecule has 5 nitrogen and oxygen atoms in total. The van der Waals surface area contributed by atoms with E-state index in [1.165, 1.54) is 32.1 Å². The van der Waals surface area contributed by atoms with Crippen molar-refractivity contribution in [3.63, 3.8) is 0 Å². The highest BCUT2D eigenvalue weighted by Gasteiger charge is 2.19. The lowest BCUT2D eigenvalue weighted by atomic mass is 9.94. The molecular formula is C25H31F2N3O2. The molecule has 0 radical (unpaired) electrons. The molecule has 0 bridgehead atoms. The fourth-order valence-electron chi connectivity index (χ4n) is 4.13. The largest absolute Gasteiger partial charge is 0.352 e. The second-order valence-electron chi connectivity index (χ2n) is 8.40. The number of carbonyl (C=O) groups excluding carboxylic acids is 2. The van der Waals surface area contributed by atoms with Crippen LogP contribution in [0.25, 0.3) is 0 Å². The molecule has 2 amide bonds. The SMILES string of the molecule is CN(Cc1ccccc1NC(=O)CCCNC(=O)c1ccc(F)cc1F)C1CCCCC1. The van der Waals surface area contributed by atoms with Crippen LogP contribution in [0.15, 0.2) is 42.5 Å². The summed E-state index contributed by atoms with van der Waals surface area (Å²) < 4.78 is 26.6. The molecule has 1 aliphatic carbocycles. The first kappa shape index (κ1) is 23.9. The zero-order valence-electron chi connectivity index (χ0n) is 18.5. The molecule has 0 heterocycles. The summed E-state index contributed by atoms with van der Waals surface area (Å²) in [7, 11) is 2.14. The maximum Gasteiger partial charge on any atom is 0.254 e. The van der Waals surface area contributed by atoms with Crippen LogP contribution < -0.4 is 10.6 Å². The van der Waals surface area contributed by atoms with Crippen molar-refractivity contribution in [3.8, 4) is 0 Å². The number of anilines is 1. The molecule has 1 saturated carbocycles. The van der Waals surface area contributed by atoms with E-state index in [1.807, 2.05) is 24.3 Å². The number of nitrogens with one attached hydrogen (secondary N) is 2. The molecule has 0 spiro atoms. The molecule has 32 heavy (non-hydrogen) atoms. The smallest absolute Gasteiger partial charge is 0.254 e. The Morgan fingerprint density at radius 3 is 2.56 bits per heavy atom. The van der Waals surface area contributed by atoms with E-state index in [4.69, 9.17) is 0 Å². The third kappa shape index (κ3) is 6.85. The van der Waals surface area contributed by atoms with Gasteiger partial charge in [0.15, 0.2) is 0 Å². The molecule has 0 atom stereocenters. The predicted molar refractivity (Wildman–Crippen MR) is 121 cm³/mol. The summed E-state index contributed by atoms with van der Waals surface area (Å²) in [5.74, 6) is -2.41. The average molecular weight is 444 g/mol. The second-order valence-corrected chi connectivity index (χ2v) is 8.40. The molecule has 0 aromatic heterocycles. The maximum absolute atomic E-state index is 13.7. The summed E-state index contributed by atoms with van der Waals surface area (Å²) in [6.45, 7) is 0.996. The van der Waals surface area contributed by atoms with Gasteiger partial charge in [0.2, 0.25) is 5.91 Å². The van der Waals surface area contributed by atoms with Crippen LogP contribution in [-0.2, 0) is 11.3 Å². The summed E-state index contributed by atoms with van der Waals surface area (Å²) in [5, 5.41) is 5.54. The van der Waals surface area contributed by atoms with Crippen molar-refractivity contribution in [1.29, 1.82) is 0 Å². The van der Waals surface area contributed by atoms with Gasteiger partial charge in [-0.1, -0.05) is 37.5 Å². The van der Waals surface area contributed by atoms with Crippen LogP contribution >= 0.6 is 0 Å². The number of carbonyl (C=O) groups is 2. The van der Waals surface area contributed by atoms with Crippen molar-refractivity contribution >= 4 is 17.5 Å².